The first-order valence-electron chi connectivity index (χ1n) is 6.67. The van der Waals surface area contributed by atoms with Gasteiger partial charge in [0.25, 0.3) is 0 Å². The molecule has 0 unspecified atom stereocenters. The van der Waals surface area contributed by atoms with Gasteiger partial charge < -0.3 is 0 Å². The molecule has 0 aromatic rings. The highest BCUT2D eigenvalue weighted by Crippen LogP contribution is 2.23. The van der Waals surface area contributed by atoms with Crippen LogP contribution in [0.15, 0.2) is 48.4 Å². The van der Waals surface area contributed by atoms with E-state index in [1.54, 1.807) is 12.2 Å². The monoisotopic (exact) mass is 234 g/mol. The van der Waals surface area contributed by atoms with Crippen molar-refractivity contribution in [3.05, 3.63) is 48.4 Å². The molecule has 0 radical (unpaired) electrons. The lowest BCUT2D eigenvalue weighted by atomic mass is 9.95. The lowest BCUT2D eigenvalue weighted by molar-refractivity contribution is 0.587. The van der Waals surface area contributed by atoms with Crippen molar-refractivity contribution in [3.63, 3.8) is 0 Å². The minimum atomic E-state index is 0.620. The average Bonchev–Trinajstić information content (AvgIpc) is 2.36. The van der Waals surface area contributed by atoms with Gasteiger partial charge in [-0.3, -0.25) is 0 Å². The van der Waals surface area contributed by atoms with E-state index in [1.165, 1.54) is 44.1 Å². The molecule has 0 heterocycles. The molecule has 17 heavy (non-hydrogen) atoms. The summed E-state index contributed by atoms with van der Waals surface area (Å²) in [5.74, 6) is 0. The molecule has 0 amide bonds. The quantitative estimate of drug-likeness (QED) is 0.554. The van der Waals surface area contributed by atoms with E-state index >= 15 is 0 Å². The maximum atomic E-state index is 12.4. The van der Waals surface area contributed by atoms with Crippen LogP contribution in [0.4, 0.5) is 4.39 Å². The Morgan fingerprint density at radius 3 is 2.53 bits per heavy atom. The van der Waals surface area contributed by atoms with E-state index in [2.05, 4.69) is 12.7 Å². The number of hydrogen-bond acceptors (Lipinski definition) is 0. The van der Waals surface area contributed by atoms with Gasteiger partial charge >= 0.3 is 0 Å². The minimum Gasteiger partial charge on any atom is -0.216 e. The molecule has 0 nitrogen and oxygen atoms in total. The van der Waals surface area contributed by atoms with Crippen molar-refractivity contribution in [2.75, 3.05) is 0 Å². The zero-order chi connectivity index (χ0) is 12.3. The number of allylic oxidation sites excluding steroid dienone is 6. The Bertz CT molecular complexity index is 307. The van der Waals surface area contributed by atoms with Gasteiger partial charge in [-0.1, -0.05) is 50.5 Å². The highest BCUT2D eigenvalue weighted by Gasteiger charge is 2.04. The second-order valence-corrected chi connectivity index (χ2v) is 4.54. The first kappa shape index (κ1) is 14.0. The molecule has 0 atom stereocenters. The molecular formula is C16H23F. The van der Waals surface area contributed by atoms with Gasteiger partial charge in [-0.15, -0.1) is 0 Å². The maximum absolute atomic E-state index is 12.4. The van der Waals surface area contributed by atoms with Gasteiger partial charge in [0, 0.05) is 0 Å². The molecule has 0 N–H and O–H groups in total. The summed E-state index contributed by atoms with van der Waals surface area (Å²) in [4.78, 5) is 0. The van der Waals surface area contributed by atoms with Crippen molar-refractivity contribution in [1.29, 1.82) is 0 Å². The zero-order valence-electron chi connectivity index (χ0n) is 10.6. The van der Waals surface area contributed by atoms with Crippen LogP contribution in [0.1, 0.15) is 51.4 Å². The number of rotatable bonds is 3. The Morgan fingerprint density at radius 1 is 1.12 bits per heavy atom. The summed E-state index contributed by atoms with van der Waals surface area (Å²) in [6.45, 7) is 3.69. The fourth-order valence-electron chi connectivity index (χ4n) is 2.27. The fourth-order valence-corrected chi connectivity index (χ4v) is 2.27. The molecule has 0 saturated carbocycles. The second-order valence-electron chi connectivity index (χ2n) is 4.54. The van der Waals surface area contributed by atoms with Gasteiger partial charge in [0.1, 0.15) is 0 Å². The summed E-state index contributed by atoms with van der Waals surface area (Å²) in [5, 5.41) is 0. The van der Waals surface area contributed by atoms with Gasteiger partial charge in [-0.05, 0) is 42.9 Å². The molecule has 0 bridgehead atoms. The van der Waals surface area contributed by atoms with E-state index in [9.17, 15) is 4.39 Å². The SMILES string of the molecule is C=C/C=C(\C=C\F)C1=C/CCCCCCCC\1. The van der Waals surface area contributed by atoms with Crippen LogP contribution in [0.25, 0.3) is 0 Å². The topological polar surface area (TPSA) is 0 Å². The summed E-state index contributed by atoms with van der Waals surface area (Å²) in [5.41, 5.74) is 2.25. The minimum absolute atomic E-state index is 0.620. The first-order chi connectivity index (χ1) is 8.38. The van der Waals surface area contributed by atoms with Crippen LogP contribution in [-0.2, 0) is 0 Å². The Kier molecular flexibility index (Phi) is 7.37. The maximum Gasteiger partial charge on any atom is 0.0872 e. The molecule has 94 valence electrons. The van der Waals surface area contributed by atoms with Gasteiger partial charge in [-0.25, -0.2) is 4.39 Å². The third-order valence-corrected chi connectivity index (χ3v) is 3.20. The molecule has 1 rings (SSSR count). The van der Waals surface area contributed by atoms with Crippen molar-refractivity contribution in [2.45, 2.75) is 51.4 Å². The zero-order valence-corrected chi connectivity index (χ0v) is 10.6. The first-order valence-corrected chi connectivity index (χ1v) is 6.67. The van der Waals surface area contributed by atoms with Crippen LogP contribution in [0.3, 0.4) is 0 Å². The highest BCUT2D eigenvalue weighted by atomic mass is 19.1. The van der Waals surface area contributed by atoms with E-state index in [1.807, 2.05) is 6.08 Å². The molecule has 1 aliphatic rings. The Labute approximate surface area is 105 Å². The van der Waals surface area contributed by atoms with Gasteiger partial charge in [-0.2, -0.15) is 0 Å². The van der Waals surface area contributed by atoms with Crippen LogP contribution in [-0.4, -0.2) is 0 Å². The predicted molar refractivity (Wildman–Crippen MR) is 73.5 cm³/mol. The fraction of sp³-hybridized carbons (Fsp3) is 0.500. The van der Waals surface area contributed by atoms with E-state index in [0.29, 0.717) is 6.33 Å². The number of halogens is 1. The molecule has 0 aliphatic heterocycles. The van der Waals surface area contributed by atoms with Crippen LogP contribution in [0.5, 0.6) is 0 Å². The Morgan fingerprint density at radius 2 is 1.82 bits per heavy atom. The predicted octanol–water partition coefficient (Wildman–Crippen LogP) is 5.64. The van der Waals surface area contributed by atoms with E-state index in [4.69, 9.17) is 0 Å². The average molecular weight is 234 g/mol. The lowest BCUT2D eigenvalue weighted by Crippen LogP contribution is -1.92. The van der Waals surface area contributed by atoms with Crippen molar-refractivity contribution in [1.82, 2.24) is 0 Å². The molecule has 0 aromatic heterocycles. The van der Waals surface area contributed by atoms with Crippen molar-refractivity contribution in [3.8, 4) is 0 Å². The normalized spacial score (nSPS) is 23.1. The molecular weight excluding hydrogens is 211 g/mol. The summed E-state index contributed by atoms with van der Waals surface area (Å²) in [7, 11) is 0. The Hall–Kier alpha value is -1.11. The third kappa shape index (κ3) is 5.67. The summed E-state index contributed by atoms with van der Waals surface area (Å²) in [6.07, 6.45) is 18.0. The molecule has 1 heteroatoms. The summed E-state index contributed by atoms with van der Waals surface area (Å²) < 4.78 is 12.4. The van der Waals surface area contributed by atoms with Gasteiger partial charge in [0.15, 0.2) is 0 Å². The second kappa shape index (κ2) is 8.98. The third-order valence-electron chi connectivity index (χ3n) is 3.20. The van der Waals surface area contributed by atoms with E-state index < -0.39 is 0 Å². The van der Waals surface area contributed by atoms with Gasteiger partial charge in [0.05, 0.1) is 6.33 Å². The van der Waals surface area contributed by atoms with Crippen molar-refractivity contribution < 1.29 is 4.39 Å². The molecule has 0 spiro atoms. The van der Waals surface area contributed by atoms with E-state index in [0.717, 1.165) is 18.4 Å². The molecule has 1 aliphatic carbocycles. The highest BCUT2D eigenvalue weighted by molar-refractivity contribution is 5.41. The standard InChI is InChI=1S/C16H23F/c1-2-10-15(13-14-17)16-11-8-6-4-3-5-7-9-12-16/h2,10-11,13-14H,1,3-9,12H2/b14-13+,15-10+,16-11+. The van der Waals surface area contributed by atoms with Crippen LogP contribution in [0, 0.1) is 0 Å². The van der Waals surface area contributed by atoms with Crippen LogP contribution < -0.4 is 0 Å². The van der Waals surface area contributed by atoms with Crippen LogP contribution >= 0.6 is 0 Å². The smallest absolute Gasteiger partial charge is 0.0872 e. The molecule has 0 saturated heterocycles. The Balaban J connectivity index is 2.76. The molecule has 0 fully saturated rings. The van der Waals surface area contributed by atoms with Crippen LogP contribution in [0.2, 0.25) is 0 Å². The van der Waals surface area contributed by atoms with E-state index in [-0.39, 0.29) is 0 Å². The summed E-state index contributed by atoms with van der Waals surface area (Å²) >= 11 is 0. The van der Waals surface area contributed by atoms with Crippen molar-refractivity contribution >= 4 is 0 Å². The summed E-state index contributed by atoms with van der Waals surface area (Å²) in [6, 6.07) is 0. The van der Waals surface area contributed by atoms with Crippen molar-refractivity contribution in [2.24, 2.45) is 0 Å². The number of hydrogen-bond donors (Lipinski definition) is 0. The largest absolute Gasteiger partial charge is 0.216 e. The molecule has 0 aromatic carbocycles. The lowest BCUT2D eigenvalue weighted by Gasteiger charge is -2.11. The van der Waals surface area contributed by atoms with Gasteiger partial charge in [0.2, 0.25) is 0 Å².